The Hall–Kier alpha value is -1.17. The summed E-state index contributed by atoms with van der Waals surface area (Å²) < 4.78 is 17.6. The van der Waals surface area contributed by atoms with Crippen LogP contribution in [0.5, 0.6) is 5.75 Å². The molecule has 96 valence electrons. The average molecular weight is 265 g/mol. The smallest absolute Gasteiger partial charge is 0.161 e. The highest BCUT2D eigenvalue weighted by atomic mass is 32.1. The van der Waals surface area contributed by atoms with E-state index in [-0.39, 0.29) is 6.29 Å². The Balaban J connectivity index is 1.59. The second-order valence-corrected chi connectivity index (χ2v) is 5.41. The molecule has 1 fully saturated rings. The highest BCUT2D eigenvalue weighted by molar-refractivity contribution is 7.18. The SMILES string of the molecule is Cc1nc2ccc(OCCC3OCCO3)cc2s1. The first-order valence-corrected chi connectivity index (χ1v) is 6.86. The predicted molar refractivity (Wildman–Crippen MR) is 70.2 cm³/mol. The molecule has 2 heterocycles. The van der Waals surface area contributed by atoms with Crippen LogP contribution in [0.1, 0.15) is 11.4 Å². The molecule has 5 heteroatoms. The lowest BCUT2D eigenvalue weighted by molar-refractivity contribution is -0.0531. The molecule has 18 heavy (non-hydrogen) atoms. The molecular formula is C13H15NO3S. The lowest BCUT2D eigenvalue weighted by Gasteiger charge is -2.10. The Morgan fingerprint density at radius 3 is 3.06 bits per heavy atom. The van der Waals surface area contributed by atoms with Crippen LogP contribution < -0.4 is 4.74 Å². The van der Waals surface area contributed by atoms with Gasteiger partial charge in [-0.2, -0.15) is 0 Å². The molecule has 0 aliphatic carbocycles. The van der Waals surface area contributed by atoms with Crippen molar-refractivity contribution in [1.29, 1.82) is 0 Å². The van der Waals surface area contributed by atoms with Crippen molar-refractivity contribution in [3.63, 3.8) is 0 Å². The zero-order valence-corrected chi connectivity index (χ0v) is 11.0. The Morgan fingerprint density at radius 1 is 1.39 bits per heavy atom. The maximum absolute atomic E-state index is 5.70. The average Bonchev–Trinajstić information content (AvgIpc) is 2.96. The van der Waals surface area contributed by atoms with Gasteiger partial charge in [0.05, 0.1) is 35.0 Å². The minimum atomic E-state index is -0.0978. The van der Waals surface area contributed by atoms with Crippen molar-refractivity contribution >= 4 is 21.6 Å². The van der Waals surface area contributed by atoms with Crippen LogP contribution in [0.3, 0.4) is 0 Å². The third kappa shape index (κ3) is 2.63. The highest BCUT2D eigenvalue weighted by Crippen LogP contribution is 2.26. The number of hydrogen-bond acceptors (Lipinski definition) is 5. The first kappa shape index (κ1) is 11.9. The van der Waals surface area contributed by atoms with Gasteiger partial charge in [-0.1, -0.05) is 0 Å². The number of fused-ring (bicyclic) bond motifs is 1. The van der Waals surface area contributed by atoms with Crippen LogP contribution in [0.4, 0.5) is 0 Å². The summed E-state index contributed by atoms with van der Waals surface area (Å²) in [4.78, 5) is 4.42. The van der Waals surface area contributed by atoms with Gasteiger partial charge in [-0.25, -0.2) is 4.98 Å². The summed E-state index contributed by atoms with van der Waals surface area (Å²) in [5.74, 6) is 0.879. The molecule has 4 nitrogen and oxygen atoms in total. The van der Waals surface area contributed by atoms with Crippen molar-refractivity contribution in [3.8, 4) is 5.75 Å². The van der Waals surface area contributed by atoms with E-state index >= 15 is 0 Å². The van der Waals surface area contributed by atoms with Crippen LogP contribution >= 0.6 is 11.3 Å². The monoisotopic (exact) mass is 265 g/mol. The minimum absolute atomic E-state index is 0.0978. The number of rotatable bonds is 4. The molecule has 0 radical (unpaired) electrons. The van der Waals surface area contributed by atoms with Crippen molar-refractivity contribution < 1.29 is 14.2 Å². The fraction of sp³-hybridized carbons (Fsp3) is 0.462. The maximum Gasteiger partial charge on any atom is 0.161 e. The van der Waals surface area contributed by atoms with Gasteiger partial charge in [0, 0.05) is 6.42 Å². The normalized spacial score (nSPS) is 16.5. The summed E-state index contributed by atoms with van der Waals surface area (Å²) in [5.41, 5.74) is 1.03. The molecule has 2 aromatic rings. The molecule has 0 spiro atoms. The van der Waals surface area contributed by atoms with Crippen LogP contribution in [-0.4, -0.2) is 31.1 Å². The fourth-order valence-electron chi connectivity index (χ4n) is 1.96. The lowest BCUT2D eigenvalue weighted by atomic mass is 10.3. The third-order valence-electron chi connectivity index (χ3n) is 2.78. The van der Waals surface area contributed by atoms with Gasteiger partial charge in [-0.15, -0.1) is 11.3 Å². The number of aryl methyl sites for hydroxylation is 1. The van der Waals surface area contributed by atoms with E-state index in [9.17, 15) is 0 Å². The molecule has 0 atom stereocenters. The Kier molecular flexibility index (Phi) is 3.45. The van der Waals surface area contributed by atoms with Crippen LogP contribution in [-0.2, 0) is 9.47 Å². The highest BCUT2D eigenvalue weighted by Gasteiger charge is 2.15. The van der Waals surface area contributed by atoms with Crippen LogP contribution in [0.15, 0.2) is 18.2 Å². The van der Waals surface area contributed by atoms with E-state index < -0.39 is 0 Å². The number of nitrogens with zero attached hydrogens (tertiary/aromatic N) is 1. The molecule has 0 bridgehead atoms. The van der Waals surface area contributed by atoms with Gasteiger partial charge in [0.2, 0.25) is 0 Å². The maximum atomic E-state index is 5.70. The standard InChI is InChI=1S/C13H15NO3S/c1-9-14-11-3-2-10(8-12(11)18-9)15-5-4-13-16-6-7-17-13/h2-3,8,13H,4-7H2,1H3. The molecule has 0 unspecified atom stereocenters. The Morgan fingerprint density at radius 2 is 2.22 bits per heavy atom. The second-order valence-electron chi connectivity index (χ2n) is 4.17. The lowest BCUT2D eigenvalue weighted by Crippen LogP contribution is -2.12. The number of aromatic nitrogens is 1. The molecule has 1 aliphatic heterocycles. The number of ether oxygens (including phenoxy) is 3. The molecule has 1 aliphatic rings. The van der Waals surface area contributed by atoms with E-state index in [0.29, 0.717) is 19.8 Å². The first-order valence-electron chi connectivity index (χ1n) is 6.04. The largest absolute Gasteiger partial charge is 0.493 e. The van der Waals surface area contributed by atoms with Gasteiger partial charge >= 0.3 is 0 Å². The zero-order valence-electron chi connectivity index (χ0n) is 10.2. The summed E-state index contributed by atoms with van der Waals surface area (Å²) in [7, 11) is 0. The van der Waals surface area contributed by atoms with Gasteiger partial charge in [0.1, 0.15) is 5.75 Å². The van der Waals surface area contributed by atoms with E-state index in [4.69, 9.17) is 14.2 Å². The summed E-state index contributed by atoms with van der Waals surface area (Å²) >= 11 is 1.68. The van der Waals surface area contributed by atoms with Crippen LogP contribution in [0.2, 0.25) is 0 Å². The molecule has 0 amide bonds. The summed E-state index contributed by atoms with van der Waals surface area (Å²) in [6.07, 6.45) is 0.666. The van der Waals surface area contributed by atoms with Crippen LogP contribution in [0.25, 0.3) is 10.2 Å². The fourth-order valence-corrected chi connectivity index (χ4v) is 2.81. The predicted octanol–water partition coefficient (Wildman–Crippen LogP) is 2.75. The van der Waals surface area contributed by atoms with Crippen molar-refractivity contribution in [2.75, 3.05) is 19.8 Å². The van der Waals surface area contributed by atoms with Crippen molar-refractivity contribution in [1.82, 2.24) is 4.98 Å². The van der Waals surface area contributed by atoms with Gasteiger partial charge < -0.3 is 14.2 Å². The molecule has 3 rings (SSSR count). The van der Waals surface area contributed by atoms with Gasteiger partial charge in [0.15, 0.2) is 6.29 Å². The van der Waals surface area contributed by atoms with Crippen molar-refractivity contribution in [2.24, 2.45) is 0 Å². The zero-order chi connectivity index (χ0) is 12.4. The molecule has 1 aromatic heterocycles. The molecular weight excluding hydrogens is 250 g/mol. The molecule has 0 N–H and O–H groups in total. The second kappa shape index (κ2) is 5.22. The molecule has 0 saturated carbocycles. The number of thiazole rings is 1. The summed E-state index contributed by atoms with van der Waals surface area (Å²) in [6.45, 7) is 4.00. The number of hydrogen-bond donors (Lipinski definition) is 0. The number of benzene rings is 1. The quantitative estimate of drug-likeness (QED) is 0.852. The summed E-state index contributed by atoms with van der Waals surface area (Å²) in [6, 6.07) is 5.99. The Labute approximate surface area is 109 Å². The minimum Gasteiger partial charge on any atom is -0.493 e. The first-order chi connectivity index (χ1) is 8.81. The third-order valence-corrected chi connectivity index (χ3v) is 3.71. The van der Waals surface area contributed by atoms with Gasteiger partial charge in [-0.05, 0) is 25.1 Å². The van der Waals surface area contributed by atoms with Gasteiger partial charge in [-0.3, -0.25) is 0 Å². The topological polar surface area (TPSA) is 40.6 Å². The van der Waals surface area contributed by atoms with Crippen molar-refractivity contribution in [2.45, 2.75) is 19.6 Å². The van der Waals surface area contributed by atoms with Crippen molar-refractivity contribution in [3.05, 3.63) is 23.2 Å². The van der Waals surface area contributed by atoms with E-state index in [0.717, 1.165) is 22.7 Å². The van der Waals surface area contributed by atoms with E-state index in [2.05, 4.69) is 4.98 Å². The van der Waals surface area contributed by atoms with E-state index in [1.54, 1.807) is 11.3 Å². The van der Waals surface area contributed by atoms with E-state index in [1.165, 1.54) is 4.70 Å². The molecule has 1 saturated heterocycles. The van der Waals surface area contributed by atoms with E-state index in [1.807, 2.05) is 25.1 Å². The molecule has 1 aromatic carbocycles. The Bertz CT molecular complexity index is 534. The van der Waals surface area contributed by atoms with Crippen LogP contribution in [0, 0.1) is 6.92 Å². The summed E-state index contributed by atoms with van der Waals surface area (Å²) in [5, 5.41) is 1.08. The van der Waals surface area contributed by atoms with Gasteiger partial charge in [0.25, 0.3) is 0 Å².